The zero-order valence-corrected chi connectivity index (χ0v) is 13.5. The Morgan fingerprint density at radius 2 is 2.05 bits per heavy atom. The van der Waals surface area contributed by atoms with Crippen molar-refractivity contribution in [3.63, 3.8) is 0 Å². The lowest BCUT2D eigenvalue weighted by molar-refractivity contribution is -0.140. The van der Waals surface area contributed by atoms with Crippen LogP contribution in [0.3, 0.4) is 0 Å². The number of hydrogen-bond acceptors (Lipinski definition) is 4. The van der Waals surface area contributed by atoms with Crippen LogP contribution < -0.4 is 0 Å². The summed E-state index contributed by atoms with van der Waals surface area (Å²) in [6.45, 7) is 7.10. The molecule has 0 saturated carbocycles. The highest BCUT2D eigenvalue weighted by Gasteiger charge is 2.18. The molecule has 0 bridgehead atoms. The molecule has 0 radical (unpaired) electrons. The molecule has 4 nitrogen and oxygen atoms in total. The molecule has 1 rings (SSSR count). The van der Waals surface area contributed by atoms with Gasteiger partial charge in [-0.05, 0) is 31.9 Å². The van der Waals surface area contributed by atoms with Gasteiger partial charge >= 0.3 is 5.97 Å². The van der Waals surface area contributed by atoms with Crippen LogP contribution in [-0.4, -0.2) is 37.0 Å². The summed E-state index contributed by atoms with van der Waals surface area (Å²) in [6.07, 6.45) is 2.32. The minimum absolute atomic E-state index is 0.00635. The molecule has 0 unspecified atom stereocenters. The maximum atomic E-state index is 12.4. The number of amides is 1. The largest absolute Gasteiger partial charge is 0.469 e. The lowest BCUT2D eigenvalue weighted by Crippen LogP contribution is -2.32. The van der Waals surface area contributed by atoms with Crippen molar-refractivity contribution < 1.29 is 14.3 Å². The summed E-state index contributed by atoms with van der Waals surface area (Å²) < 4.78 is 4.61. The van der Waals surface area contributed by atoms with E-state index in [1.54, 1.807) is 4.90 Å². The lowest BCUT2D eigenvalue weighted by Gasteiger charge is -2.19. The molecule has 20 heavy (non-hydrogen) atoms. The van der Waals surface area contributed by atoms with E-state index < -0.39 is 0 Å². The Labute approximate surface area is 124 Å². The van der Waals surface area contributed by atoms with Crippen molar-refractivity contribution in [1.82, 2.24) is 4.90 Å². The van der Waals surface area contributed by atoms with E-state index in [-0.39, 0.29) is 18.3 Å². The molecular weight excluding hydrogens is 274 g/mol. The summed E-state index contributed by atoms with van der Waals surface area (Å²) in [5.74, 6) is -0.280. The molecule has 0 spiro atoms. The SMILES string of the molecule is CCCc1cc(C(=O)N(CC)CCC(=O)OC)sc1C. The van der Waals surface area contributed by atoms with Crippen LogP contribution >= 0.6 is 11.3 Å². The number of thiophene rings is 1. The van der Waals surface area contributed by atoms with E-state index in [9.17, 15) is 9.59 Å². The van der Waals surface area contributed by atoms with Gasteiger partial charge in [0, 0.05) is 18.0 Å². The molecule has 1 heterocycles. The van der Waals surface area contributed by atoms with Gasteiger partial charge < -0.3 is 9.64 Å². The second-order valence-corrected chi connectivity index (χ2v) is 5.91. The third kappa shape index (κ3) is 4.34. The van der Waals surface area contributed by atoms with Gasteiger partial charge in [-0.15, -0.1) is 11.3 Å². The Kier molecular flexibility index (Phi) is 6.71. The summed E-state index contributed by atoms with van der Waals surface area (Å²) in [6, 6.07) is 1.99. The molecule has 0 aliphatic heterocycles. The Balaban J connectivity index is 2.75. The van der Waals surface area contributed by atoms with Gasteiger partial charge in [-0.1, -0.05) is 13.3 Å². The number of methoxy groups -OCH3 is 1. The predicted molar refractivity (Wildman–Crippen MR) is 81.3 cm³/mol. The van der Waals surface area contributed by atoms with Crippen molar-refractivity contribution in [3.05, 3.63) is 21.4 Å². The van der Waals surface area contributed by atoms with Crippen LogP contribution in [0.25, 0.3) is 0 Å². The van der Waals surface area contributed by atoms with Gasteiger partial charge in [0.1, 0.15) is 0 Å². The molecule has 0 saturated heterocycles. The number of aryl methyl sites for hydroxylation is 2. The van der Waals surface area contributed by atoms with E-state index in [1.807, 2.05) is 13.0 Å². The first-order valence-electron chi connectivity index (χ1n) is 6.98. The average Bonchev–Trinajstić information content (AvgIpc) is 2.80. The van der Waals surface area contributed by atoms with E-state index >= 15 is 0 Å². The first kappa shape index (κ1) is 16.7. The van der Waals surface area contributed by atoms with Crippen molar-refractivity contribution >= 4 is 23.2 Å². The van der Waals surface area contributed by atoms with Crippen molar-refractivity contribution in [2.75, 3.05) is 20.2 Å². The monoisotopic (exact) mass is 297 g/mol. The van der Waals surface area contributed by atoms with Crippen molar-refractivity contribution in [2.45, 2.75) is 40.0 Å². The predicted octanol–water partition coefficient (Wildman–Crippen LogP) is 3.03. The molecule has 5 heteroatoms. The van der Waals surface area contributed by atoms with E-state index in [0.29, 0.717) is 13.1 Å². The quantitative estimate of drug-likeness (QED) is 0.727. The fourth-order valence-electron chi connectivity index (χ4n) is 2.03. The van der Waals surface area contributed by atoms with Crippen molar-refractivity contribution in [1.29, 1.82) is 0 Å². The Hall–Kier alpha value is -1.36. The number of ether oxygens (including phenoxy) is 1. The molecule has 1 aromatic rings. The van der Waals surface area contributed by atoms with E-state index in [1.165, 1.54) is 28.9 Å². The summed E-state index contributed by atoms with van der Waals surface area (Å²) >= 11 is 1.54. The number of nitrogens with zero attached hydrogens (tertiary/aromatic N) is 1. The van der Waals surface area contributed by atoms with Crippen LogP contribution in [0.5, 0.6) is 0 Å². The fraction of sp³-hybridized carbons (Fsp3) is 0.600. The molecule has 0 N–H and O–H groups in total. The molecule has 1 amide bonds. The molecule has 1 aromatic heterocycles. The van der Waals surface area contributed by atoms with Crippen LogP contribution in [0.2, 0.25) is 0 Å². The van der Waals surface area contributed by atoms with Gasteiger partial charge in [0.2, 0.25) is 0 Å². The highest BCUT2D eigenvalue weighted by atomic mass is 32.1. The topological polar surface area (TPSA) is 46.6 Å². The number of esters is 1. The molecule has 0 atom stereocenters. The summed E-state index contributed by atoms with van der Waals surface area (Å²) in [5.41, 5.74) is 1.25. The Bertz CT molecular complexity index is 468. The standard InChI is InChI=1S/C15H23NO3S/c1-5-7-12-10-13(20-11(12)3)15(18)16(6-2)9-8-14(17)19-4/h10H,5-9H2,1-4H3. The highest BCUT2D eigenvalue weighted by molar-refractivity contribution is 7.14. The number of carbonyl (C=O) groups excluding carboxylic acids is 2. The number of carbonyl (C=O) groups is 2. The maximum Gasteiger partial charge on any atom is 0.307 e. The summed E-state index contributed by atoms with van der Waals surface area (Å²) in [7, 11) is 1.36. The van der Waals surface area contributed by atoms with Gasteiger partial charge in [0.25, 0.3) is 5.91 Å². The molecule has 0 aliphatic rings. The van der Waals surface area contributed by atoms with Gasteiger partial charge in [0.15, 0.2) is 0 Å². The number of hydrogen-bond donors (Lipinski definition) is 0. The Morgan fingerprint density at radius 3 is 2.60 bits per heavy atom. The first-order valence-corrected chi connectivity index (χ1v) is 7.80. The van der Waals surface area contributed by atoms with Gasteiger partial charge in [-0.3, -0.25) is 9.59 Å². The van der Waals surface area contributed by atoms with Crippen LogP contribution in [-0.2, 0) is 16.0 Å². The molecule has 0 aromatic carbocycles. The van der Waals surface area contributed by atoms with Crippen molar-refractivity contribution in [2.24, 2.45) is 0 Å². The minimum atomic E-state index is -0.287. The average molecular weight is 297 g/mol. The van der Waals surface area contributed by atoms with Gasteiger partial charge in [-0.25, -0.2) is 0 Å². The number of rotatable bonds is 7. The van der Waals surface area contributed by atoms with Gasteiger partial charge in [0.05, 0.1) is 18.4 Å². The minimum Gasteiger partial charge on any atom is -0.469 e. The normalized spacial score (nSPS) is 10.4. The molecule has 0 aliphatic carbocycles. The maximum absolute atomic E-state index is 12.4. The first-order chi connectivity index (χ1) is 9.53. The molecular formula is C15H23NO3S. The van der Waals surface area contributed by atoms with E-state index in [0.717, 1.165) is 17.7 Å². The van der Waals surface area contributed by atoms with Crippen LogP contribution in [0, 0.1) is 6.92 Å². The van der Waals surface area contributed by atoms with Crippen molar-refractivity contribution in [3.8, 4) is 0 Å². The second kappa shape index (κ2) is 8.04. The third-order valence-electron chi connectivity index (χ3n) is 3.23. The second-order valence-electron chi connectivity index (χ2n) is 4.65. The Morgan fingerprint density at radius 1 is 1.35 bits per heavy atom. The summed E-state index contributed by atoms with van der Waals surface area (Å²) in [5, 5.41) is 0. The van der Waals surface area contributed by atoms with Gasteiger partial charge in [-0.2, -0.15) is 0 Å². The molecule has 0 fully saturated rings. The zero-order valence-electron chi connectivity index (χ0n) is 12.7. The fourth-order valence-corrected chi connectivity index (χ4v) is 3.07. The summed E-state index contributed by atoms with van der Waals surface area (Å²) in [4.78, 5) is 27.3. The smallest absolute Gasteiger partial charge is 0.307 e. The molecule has 112 valence electrons. The van der Waals surface area contributed by atoms with E-state index in [4.69, 9.17) is 0 Å². The lowest BCUT2D eigenvalue weighted by atomic mass is 10.1. The van der Waals surface area contributed by atoms with E-state index in [2.05, 4.69) is 18.6 Å². The third-order valence-corrected chi connectivity index (χ3v) is 4.31. The van der Waals surface area contributed by atoms with Crippen LogP contribution in [0.15, 0.2) is 6.07 Å². The van der Waals surface area contributed by atoms with Crippen LogP contribution in [0.1, 0.15) is 46.8 Å². The highest BCUT2D eigenvalue weighted by Crippen LogP contribution is 2.24. The van der Waals surface area contributed by atoms with Crippen LogP contribution in [0.4, 0.5) is 0 Å². The zero-order chi connectivity index (χ0) is 15.1.